The smallest absolute Gasteiger partial charge is 0.280 e. The van der Waals surface area contributed by atoms with Gasteiger partial charge in [-0.15, -0.1) is 11.8 Å². The second-order valence-electron chi connectivity index (χ2n) is 5.75. The second-order valence-corrected chi connectivity index (χ2v) is 7.14. The summed E-state index contributed by atoms with van der Waals surface area (Å²) in [5.74, 6) is 0.637. The molecule has 0 N–H and O–H groups in total. The number of benzene rings is 1. The molecule has 0 saturated carbocycles. The first-order chi connectivity index (χ1) is 12.0. The number of rotatable bonds is 4. The molecule has 0 aliphatic rings. The first kappa shape index (κ1) is 17.8. The van der Waals surface area contributed by atoms with Crippen LogP contribution in [0.2, 0.25) is 5.02 Å². The van der Waals surface area contributed by atoms with Gasteiger partial charge in [0, 0.05) is 36.0 Å². The van der Waals surface area contributed by atoms with Gasteiger partial charge in [-0.05, 0) is 23.6 Å². The fourth-order valence-electron chi connectivity index (χ4n) is 2.72. The van der Waals surface area contributed by atoms with Crippen LogP contribution >= 0.6 is 23.4 Å². The molecule has 1 aromatic carbocycles. The van der Waals surface area contributed by atoms with Crippen molar-refractivity contribution in [2.75, 3.05) is 0 Å². The van der Waals surface area contributed by atoms with Crippen LogP contribution < -0.4 is 11.2 Å². The van der Waals surface area contributed by atoms with E-state index in [0.29, 0.717) is 21.8 Å². The van der Waals surface area contributed by atoms with Crippen LogP contribution in [0.5, 0.6) is 0 Å². The maximum Gasteiger partial charge on any atom is 0.332 e. The van der Waals surface area contributed by atoms with E-state index in [1.54, 1.807) is 25.0 Å². The Bertz CT molecular complexity index is 1070. The number of thioether (sulfide) groups is 1. The molecule has 7 heteroatoms. The number of aromatic nitrogens is 3. The van der Waals surface area contributed by atoms with E-state index in [0.717, 1.165) is 27.0 Å². The van der Waals surface area contributed by atoms with E-state index in [4.69, 9.17) is 11.6 Å². The molecule has 3 rings (SSSR count). The van der Waals surface area contributed by atoms with E-state index in [1.807, 2.05) is 31.2 Å². The van der Waals surface area contributed by atoms with Gasteiger partial charge in [-0.25, -0.2) is 9.78 Å². The van der Waals surface area contributed by atoms with Crippen molar-refractivity contribution in [3.8, 4) is 0 Å². The molecule has 25 heavy (non-hydrogen) atoms. The average molecular weight is 376 g/mol. The minimum Gasteiger partial charge on any atom is -0.280 e. The van der Waals surface area contributed by atoms with E-state index in [-0.39, 0.29) is 11.2 Å². The van der Waals surface area contributed by atoms with Gasteiger partial charge < -0.3 is 0 Å². The summed E-state index contributed by atoms with van der Waals surface area (Å²) in [4.78, 5) is 30.1. The lowest BCUT2D eigenvalue weighted by Crippen LogP contribution is -2.37. The molecule has 0 fully saturated rings. The van der Waals surface area contributed by atoms with Crippen LogP contribution in [0.1, 0.15) is 18.1 Å². The molecule has 0 aliphatic carbocycles. The number of aryl methyl sites for hydroxylation is 2. The highest BCUT2D eigenvalue weighted by Gasteiger charge is 2.17. The van der Waals surface area contributed by atoms with Gasteiger partial charge in [-0.2, -0.15) is 0 Å². The Kier molecular flexibility index (Phi) is 5.01. The Morgan fingerprint density at radius 1 is 1.12 bits per heavy atom. The molecule has 0 radical (unpaired) electrons. The molecular formula is C18H18ClN3O2S. The second kappa shape index (κ2) is 7.06. The lowest BCUT2D eigenvalue weighted by atomic mass is 10.2. The van der Waals surface area contributed by atoms with E-state index < -0.39 is 0 Å². The minimum absolute atomic E-state index is 0.317. The van der Waals surface area contributed by atoms with Crippen LogP contribution in [-0.2, 0) is 26.3 Å². The summed E-state index contributed by atoms with van der Waals surface area (Å²) >= 11 is 7.80. The van der Waals surface area contributed by atoms with Gasteiger partial charge in [0.1, 0.15) is 5.65 Å². The van der Waals surface area contributed by atoms with Gasteiger partial charge >= 0.3 is 5.69 Å². The first-order valence-electron chi connectivity index (χ1n) is 7.89. The van der Waals surface area contributed by atoms with Crippen LogP contribution in [0.25, 0.3) is 11.0 Å². The zero-order chi connectivity index (χ0) is 18.1. The van der Waals surface area contributed by atoms with Gasteiger partial charge in [0.05, 0.1) is 5.39 Å². The third-order valence-corrected chi connectivity index (χ3v) is 5.78. The quantitative estimate of drug-likeness (QED) is 0.657. The molecule has 5 nitrogen and oxygen atoms in total. The number of nitrogens with zero attached hydrogens (tertiary/aromatic N) is 3. The lowest BCUT2D eigenvalue weighted by Gasteiger charge is -2.14. The number of hydrogen-bond acceptors (Lipinski definition) is 4. The highest BCUT2D eigenvalue weighted by Crippen LogP contribution is 2.32. The normalized spacial score (nSPS) is 11.2. The van der Waals surface area contributed by atoms with Crippen molar-refractivity contribution >= 4 is 34.4 Å². The van der Waals surface area contributed by atoms with Crippen LogP contribution in [0.15, 0.2) is 44.9 Å². The summed E-state index contributed by atoms with van der Waals surface area (Å²) < 4.78 is 2.54. The van der Waals surface area contributed by atoms with Crippen molar-refractivity contribution in [1.29, 1.82) is 0 Å². The SMILES string of the molecule is CCc1cnc2c(c1SCc1ccccc1Cl)c(=O)n(C)c(=O)n2C. The van der Waals surface area contributed by atoms with Gasteiger partial charge in [0.2, 0.25) is 0 Å². The average Bonchev–Trinajstić information content (AvgIpc) is 2.63. The highest BCUT2D eigenvalue weighted by atomic mass is 35.5. The largest absolute Gasteiger partial charge is 0.332 e. The van der Waals surface area contributed by atoms with Crippen LogP contribution in [0.3, 0.4) is 0 Å². The third kappa shape index (κ3) is 3.12. The Labute approximate surface area is 154 Å². The van der Waals surface area contributed by atoms with E-state index in [2.05, 4.69) is 4.98 Å². The maximum absolute atomic E-state index is 12.7. The molecule has 130 valence electrons. The number of halogens is 1. The predicted molar refractivity (Wildman–Crippen MR) is 103 cm³/mol. The topological polar surface area (TPSA) is 56.9 Å². The highest BCUT2D eigenvalue weighted by molar-refractivity contribution is 7.98. The summed E-state index contributed by atoms with van der Waals surface area (Å²) in [6.07, 6.45) is 2.50. The first-order valence-corrected chi connectivity index (χ1v) is 9.25. The fourth-order valence-corrected chi connectivity index (χ4v) is 4.26. The van der Waals surface area contributed by atoms with Crippen molar-refractivity contribution < 1.29 is 0 Å². The maximum atomic E-state index is 12.7. The van der Waals surface area contributed by atoms with Crippen LogP contribution in [-0.4, -0.2) is 14.1 Å². The molecule has 0 unspecified atom stereocenters. The summed E-state index contributed by atoms with van der Waals surface area (Å²) in [5, 5.41) is 1.19. The van der Waals surface area contributed by atoms with Crippen molar-refractivity contribution in [2.24, 2.45) is 14.1 Å². The number of hydrogen-bond donors (Lipinski definition) is 0. The van der Waals surface area contributed by atoms with Gasteiger partial charge in [-0.3, -0.25) is 13.9 Å². The molecule has 2 aromatic heterocycles. The monoisotopic (exact) mass is 375 g/mol. The molecule has 0 amide bonds. The molecule has 0 bridgehead atoms. The van der Waals surface area contributed by atoms with Crippen LogP contribution in [0, 0.1) is 0 Å². The van der Waals surface area contributed by atoms with E-state index in [1.165, 1.54) is 11.6 Å². The summed E-state index contributed by atoms with van der Waals surface area (Å²) in [6, 6.07) is 7.65. The Hall–Kier alpha value is -2.05. The molecule has 2 heterocycles. The molecule has 0 aliphatic heterocycles. The fraction of sp³-hybridized carbons (Fsp3) is 0.278. The van der Waals surface area contributed by atoms with Crippen molar-refractivity contribution in [1.82, 2.24) is 14.1 Å². The summed E-state index contributed by atoms with van der Waals surface area (Å²) in [6.45, 7) is 2.02. The van der Waals surface area contributed by atoms with E-state index >= 15 is 0 Å². The summed E-state index contributed by atoms with van der Waals surface area (Å²) in [5.41, 5.74) is 1.70. The molecular weight excluding hydrogens is 358 g/mol. The van der Waals surface area contributed by atoms with Crippen molar-refractivity contribution in [2.45, 2.75) is 24.0 Å². The Balaban J connectivity index is 2.20. The number of pyridine rings is 1. The zero-order valence-electron chi connectivity index (χ0n) is 14.2. The predicted octanol–water partition coefficient (Wildman–Crippen LogP) is 3.14. The molecule has 0 atom stereocenters. The Morgan fingerprint density at radius 3 is 2.52 bits per heavy atom. The van der Waals surface area contributed by atoms with Crippen LogP contribution in [0.4, 0.5) is 0 Å². The lowest BCUT2D eigenvalue weighted by molar-refractivity contribution is 0.705. The van der Waals surface area contributed by atoms with Gasteiger partial charge in [0.15, 0.2) is 0 Å². The summed E-state index contributed by atoms with van der Waals surface area (Å²) in [7, 11) is 3.12. The molecule has 0 saturated heterocycles. The van der Waals surface area contributed by atoms with Crippen molar-refractivity contribution in [3.05, 3.63) is 67.4 Å². The van der Waals surface area contributed by atoms with Gasteiger partial charge in [-0.1, -0.05) is 36.7 Å². The minimum atomic E-state index is -0.378. The van der Waals surface area contributed by atoms with Gasteiger partial charge in [0.25, 0.3) is 5.56 Å². The number of fused-ring (bicyclic) bond motifs is 1. The molecule has 3 aromatic rings. The zero-order valence-corrected chi connectivity index (χ0v) is 15.8. The standard InChI is InChI=1S/C18H18ClN3O2S/c1-4-11-9-20-16-14(17(23)22(3)18(24)21(16)2)15(11)25-10-12-7-5-6-8-13(12)19/h5-9H,4,10H2,1-3H3. The Morgan fingerprint density at radius 2 is 1.84 bits per heavy atom. The third-order valence-electron chi connectivity index (χ3n) is 4.21. The molecule has 0 spiro atoms. The van der Waals surface area contributed by atoms with E-state index in [9.17, 15) is 9.59 Å². The van der Waals surface area contributed by atoms with Crippen molar-refractivity contribution in [3.63, 3.8) is 0 Å².